The fraction of sp³-hybridized carbons (Fsp3) is 0.105. The minimum atomic E-state index is -0.321. The van der Waals surface area contributed by atoms with Crippen LogP contribution >= 0.6 is 0 Å². The van der Waals surface area contributed by atoms with Crippen LogP contribution in [0.5, 0.6) is 0 Å². The highest BCUT2D eigenvalue weighted by Crippen LogP contribution is 2.15. The lowest BCUT2D eigenvalue weighted by Gasteiger charge is -2.08. The lowest BCUT2D eigenvalue weighted by Crippen LogP contribution is -2.28. The van der Waals surface area contributed by atoms with Crippen LogP contribution in [-0.2, 0) is 4.84 Å². The molecule has 0 heterocycles. The van der Waals surface area contributed by atoms with Gasteiger partial charge in [-0.2, -0.15) is 0 Å². The van der Waals surface area contributed by atoms with Gasteiger partial charge in [0.25, 0.3) is 5.91 Å². The first-order valence-electron chi connectivity index (χ1n) is 7.86. The molecule has 0 atom stereocenters. The molecule has 0 aromatic heterocycles. The van der Waals surface area contributed by atoms with E-state index in [1.165, 1.54) is 7.11 Å². The molecule has 0 unspecified atom stereocenters. The average Bonchev–Trinajstić information content (AvgIpc) is 2.66. The number of benzene rings is 2. The van der Waals surface area contributed by atoms with Gasteiger partial charge in [0.2, 0.25) is 0 Å². The van der Waals surface area contributed by atoms with Crippen molar-refractivity contribution in [3.63, 3.8) is 0 Å². The van der Waals surface area contributed by atoms with E-state index in [0.29, 0.717) is 23.5 Å². The van der Waals surface area contributed by atoms with E-state index in [4.69, 9.17) is 0 Å². The van der Waals surface area contributed by atoms with E-state index < -0.39 is 0 Å². The normalized spacial score (nSPS) is 10.2. The van der Waals surface area contributed by atoms with Crippen LogP contribution in [0.25, 0.3) is 0 Å². The van der Waals surface area contributed by atoms with Crippen molar-refractivity contribution < 1.29 is 14.4 Å². The monoisotopic (exact) mass is 352 g/mol. The van der Waals surface area contributed by atoms with Gasteiger partial charge in [-0.15, -0.1) is 6.58 Å². The Morgan fingerprint density at radius 2 is 1.65 bits per heavy atom. The zero-order valence-electron chi connectivity index (χ0n) is 14.4. The van der Waals surface area contributed by atoms with Crippen LogP contribution in [0.2, 0.25) is 0 Å². The molecule has 3 amide bonds. The molecule has 2 aromatic rings. The van der Waals surface area contributed by atoms with E-state index in [1.807, 2.05) is 0 Å². The summed E-state index contributed by atoms with van der Waals surface area (Å²) in [4.78, 5) is 28.4. The molecule has 7 nitrogen and oxygen atoms in total. The number of carbonyl (C=O) groups is 2. The summed E-state index contributed by atoms with van der Waals surface area (Å²) in [6, 6.07) is 13.4. The molecule has 0 aliphatic rings. The predicted molar refractivity (Wildman–Crippen MR) is 103 cm³/mol. The molecule has 0 bridgehead atoms. The van der Waals surface area contributed by atoms with Gasteiger partial charge in [-0.1, -0.05) is 23.4 Å². The zero-order chi connectivity index (χ0) is 18.8. The molecule has 0 fully saturated rings. The van der Waals surface area contributed by atoms with Crippen molar-refractivity contribution in [2.75, 3.05) is 24.3 Å². The molecule has 0 radical (unpaired) electrons. The quantitative estimate of drug-likeness (QED) is 0.406. The van der Waals surface area contributed by atoms with Crippen molar-refractivity contribution in [2.45, 2.75) is 0 Å². The number of nitrogens with zero attached hydrogens (tertiary/aromatic N) is 1. The number of urea groups is 1. The third-order valence-corrected chi connectivity index (χ3v) is 3.29. The van der Waals surface area contributed by atoms with Crippen molar-refractivity contribution in [1.82, 2.24) is 5.32 Å². The summed E-state index contributed by atoms with van der Waals surface area (Å²) < 4.78 is 0. The molecule has 26 heavy (non-hydrogen) atoms. The topological polar surface area (TPSA) is 91.8 Å². The number of anilines is 2. The number of nitrogens with one attached hydrogen (secondary N) is 3. The van der Waals surface area contributed by atoms with Gasteiger partial charge in [0.1, 0.15) is 7.11 Å². The lowest BCUT2D eigenvalue weighted by atomic mass is 10.1. The summed E-state index contributed by atoms with van der Waals surface area (Å²) in [5.41, 5.74) is 2.59. The predicted octanol–water partition coefficient (Wildman–Crippen LogP) is 3.23. The van der Waals surface area contributed by atoms with Crippen LogP contribution in [-0.4, -0.2) is 31.8 Å². The molecule has 0 aliphatic carbocycles. The van der Waals surface area contributed by atoms with Gasteiger partial charge in [-0.3, -0.25) is 4.79 Å². The molecule has 3 N–H and O–H groups in total. The summed E-state index contributed by atoms with van der Waals surface area (Å²) in [7, 11) is 1.47. The van der Waals surface area contributed by atoms with E-state index in [-0.39, 0.29) is 11.9 Å². The Bertz CT molecular complexity index is 783. The summed E-state index contributed by atoms with van der Waals surface area (Å²) >= 11 is 0. The van der Waals surface area contributed by atoms with Gasteiger partial charge >= 0.3 is 6.03 Å². The number of hydrogen-bond acceptors (Lipinski definition) is 4. The second-order valence-corrected chi connectivity index (χ2v) is 5.19. The van der Waals surface area contributed by atoms with E-state index >= 15 is 0 Å². The molecule has 0 spiro atoms. The summed E-state index contributed by atoms with van der Waals surface area (Å²) in [6.07, 6.45) is 3.15. The largest absolute Gasteiger partial charge is 0.399 e. The Balaban J connectivity index is 1.93. The number of oxime groups is 1. The van der Waals surface area contributed by atoms with Crippen LogP contribution in [0.15, 0.2) is 66.3 Å². The van der Waals surface area contributed by atoms with E-state index in [9.17, 15) is 9.59 Å². The van der Waals surface area contributed by atoms with Crippen molar-refractivity contribution in [3.05, 3.63) is 72.3 Å². The molecular weight excluding hydrogens is 332 g/mol. The smallest absolute Gasteiger partial charge is 0.319 e. The van der Waals surface area contributed by atoms with Gasteiger partial charge in [0.15, 0.2) is 0 Å². The number of amides is 3. The Labute approximate surface area is 151 Å². The van der Waals surface area contributed by atoms with Gasteiger partial charge in [-0.25, -0.2) is 4.79 Å². The molecule has 2 rings (SSSR count). The minimum absolute atomic E-state index is 0.232. The third-order valence-electron chi connectivity index (χ3n) is 3.29. The second kappa shape index (κ2) is 9.63. The molecule has 0 saturated heterocycles. The van der Waals surface area contributed by atoms with Crippen molar-refractivity contribution in [3.8, 4) is 0 Å². The van der Waals surface area contributed by atoms with Crippen LogP contribution in [0, 0.1) is 0 Å². The average molecular weight is 352 g/mol. The number of carbonyl (C=O) groups excluding carboxylic acids is 2. The maximum absolute atomic E-state index is 12.3. The lowest BCUT2D eigenvalue weighted by molar-refractivity contribution is 0.102. The number of hydrogen-bond donors (Lipinski definition) is 3. The molecule has 134 valence electrons. The van der Waals surface area contributed by atoms with Crippen LogP contribution in [0.1, 0.15) is 15.9 Å². The van der Waals surface area contributed by atoms with E-state index in [1.54, 1.807) is 60.8 Å². The molecule has 0 saturated carbocycles. The van der Waals surface area contributed by atoms with Crippen LogP contribution in [0.3, 0.4) is 0 Å². The zero-order valence-corrected chi connectivity index (χ0v) is 14.4. The third kappa shape index (κ3) is 5.79. The summed E-state index contributed by atoms with van der Waals surface area (Å²) in [5.74, 6) is -0.232. The molecule has 0 aliphatic heterocycles. The van der Waals surface area contributed by atoms with Crippen molar-refractivity contribution in [1.29, 1.82) is 0 Å². The SMILES string of the molecule is C=CCNC(=O)Nc1ccc(NC(=O)c2ccc(/C=N/OC)cc2)cc1. The summed E-state index contributed by atoms with van der Waals surface area (Å²) in [6.45, 7) is 3.91. The van der Waals surface area contributed by atoms with Crippen molar-refractivity contribution >= 4 is 29.5 Å². The molecule has 2 aromatic carbocycles. The maximum Gasteiger partial charge on any atom is 0.319 e. The highest BCUT2D eigenvalue weighted by Gasteiger charge is 2.06. The first-order chi connectivity index (χ1) is 12.6. The Morgan fingerprint density at radius 1 is 1.04 bits per heavy atom. The van der Waals surface area contributed by atoms with Gasteiger partial charge in [0.05, 0.1) is 6.21 Å². The first kappa shape index (κ1) is 18.7. The fourth-order valence-corrected chi connectivity index (χ4v) is 2.01. The van der Waals surface area contributed by atoms with Crippen molar-refractivity contribution in [2.24, 2.45) is 5.16 Å². The number of rotatable bonds is 7. The summed E-state index contributed by atoms with van der Waals surface area (Å²) in [5, 5.41) is 11.8. The van der Waals surface area contributed by atoms with Gasteiger partial charge < -0.3 is 20.8 Å². The van der Waals surface area contributed by atoms with Gasteiger partial charge in [0, 0.05) is 23.5 Å². The highest BCUT2D eigenvalue weighted by molar-refractivity contribution is 6.04. The first-order valence-corrected chi connectivity index (χ1v) is 7.86. The second-order valence-electron chi connectivity index (χ2n) is 5.19. The van der Waals surface area contributed by atoms with E-state index in [2.05, 4.69) is 32.5 Å². The molecular formula is C19H20N4O3. The Morgan fingerprint density at radius 3 is 2.23 bits per heavy atom. The minimum Gasteiger partial charge on any atom is -0.399 e. The van der Waals surface area contributed by atoms with Crippen LogP contribution in [0.4, 0.5) is 16.2 Å². The molecule has 7 heteroatoms. The van der Waals surface area contributed by atoms with Gasteiger partial charge in [-0.05, 0) is 42.0 Å². The fourth-order valence-electron chi connectivity index (χ4n) is 2.01. The Kier molecular flexibility index (Phi) is 6.93. The standard InChI is InChI=1S/C19H20N4O3/c1-3-12-20-19(25)23-17-10-8-16(9-11-17)22-18(24)15-6-4-14(5-7-15)13-21-26-2/h3-11,13H,1,12H2,2H3,(H,22,24)(H2,20,23,25)/b21-13+. The highest BCUT2D eigenvalue weighted by atomic mass is 16.6. The van der Waals surface area contributed by atoms with Crippen LogP contribution < -0.4 is 16.0 Å². The Hall–Kier alpha value is -3.61. The van der Waals surface area contributed by atoms with E-state index in [0.717, 1.165) is 5.56 Å². The maximum atomic E-state index is 12.3.